The van der Waals surface area contributed by atoms with Crippen molar-refractivity contribution in [2.45, 2.75) is 32.3 Å². The molecule has 0 aliphatic carbocycles. The van der Waals surface area contributed by atoms with E-state index in [4.69, 9.17) is 14.5 Å². The minimum Gasteiger partial charge on any atom is -0.379 e. The lowest BCUT2D eigenvalue weighted by Crippen LogP contribution is -2.39. The summed E-state index contributed by atoms with van der Waals surface area (Å²) in [5.41, 5.74) is 3.55. The first kappa shape index (κ1) is 20.8. The van der Waals surface area contributed by atoms with Crippen molar-refractivity contribution >= 4 is 17.3 Å². The average Bonchev–Trinajstić information content (AvgIpc) is 3.39. The molecule has 0 radical (unpaired) electrons. The molecule has 1 aromatic carbocycles. The number of guanidine groups is 1. The van der Waals surface area contributed by atoms with Gasteiger partial charge in [0, 0.05) is 50.7 Å². The number of hydrogen-bond donors (Lipinski definition) is 2. The van der Waals surface area contributed by atoms with E-state index in [1.165, 1.54) is 11.1 Å². The largest absolute Gasteiger partial charge is 0.379 e. The number of nitrogens with one attached hydrogen (secondary N) is 2. The highest BCUT2D eigenvalue weighted by atomic mass is 32.1. The van der Waals surface area contributed by atoms with Crippen molar-refractivity contribution in [1.29, 1.82) is 0 Å². The van der Waals surface area contributed by atoms with Crippen LogP contribution in [0.15, 0.2) is 34.6 Å². The predicted molar refractivity (Wildman–Crippen MR) is 115 cm³/mol. The van der Waals surface area contributed by atoms with Crippen LogP contribution in [-0.4, -0.2) is 57.0 Å². The van der Waals surface area contributed by atoms with Gasteiger partial charge in [-0.25, -0.2) is 4.98 Å². The van der Waals surface area contributed by atoms with E-state index in [9.17, 15) is 0 Å². The molecule has 2 heterocycles. The van der Waals surface area contributed by atoms with E-state index in [-0.39, 0.29) is 6.10 Å². The van der Waals surface area contributed by atoms with Gasteiger partial charge in [0.25, 0.3) is 0 Å². The molecule has 28 heavy (non-hydrogen) atoms. The summed E-state index contributed by atoms with van der Waals surface area (Å²) in [5, 5.41) is 9.89. The van der Waals surface area contributed by atoms with Gasteiger partial charge in [-0.15, -0.1) is 11.3 Å². The normalized spacial score (nSPS) is 17.1. The molecule has 7 heteroatoms. The molecular formula is C21H30N4O2S. The molecule has 1 unspecified atom stereocenters. The molecule has 1 atom stereocenters. The lowest BCUT2D eigenvalue weighted by atomic mass is 10.2. The van der Waals surface area contributed by atoms with E-state index < -0.39 is 0 Å². The third-order valence-electron chi connectivity index (χ3n) is 4.60. The van der Waals surface area contributed by atoms with Crippen LogP contribution in [0.4, 0.5) is 0 Å². The Morgan fingerprint density at radius 1 is 1.29 bits per heavy atom. The van der Waals surface area contributed by atoms with Gasteiger partial charge in [-0.2, -0.15) is 0 Å². The highest BCUT2D eigenvalue weighted by Crippen LogP contribution is 2.24. The van der Waals surface area contributed by atoms with Crippen LogP contribution in [0.5, 0.6) is 0 Å². The molecule has 1 fully saturated rings. The third-order valence-corrected chi connectivity index (χ3v) is 5.54. The van der Waals surface area contributed by atoms with Crippen LogP contribution in [-0.2, 0) is 15.9 Å². The standard InChI is InChI=1S/C21H30N4O2S/c1-16-4-6-17(7-5-16)20-25-18(15-28-20)8-11-24-21(22-2)23-10-3-12-27-19-9-13-26-14-19/h4-7,15,19H,3,8-14H2,1-2H3,(H2,22,23,24). The second kappa shape index (κ2) is 11.1. The van der Waals surface area contributed by atoms with E-state index in [1.807, 2.05) is 0 Å². The Hall–Kier alpha value is -1.96. The SMILES string of the molecule is CN=C(NCCCOC1CCOC1)NCCc1csc(-c2ccc(C)cc2)n1. The molecule has 2 N–H and O–H groups in total. The molecule has 0 spiro atoms. The number of hydrogen-bond acceptors (Lipinski definition) is 5. The van der Waals surface area contributed by atoms with E-state index in [2.05, 4.69) is 52.2 Å². The Kier molecular flexibility index (Phi) is 8.26. The molecule has 0 amide bonds. The van der Waals surface area contributed by atoms with Gasteiger partial charge in [-0.05, 0) is 19.8 Å². The quantitative estimate of drug-likeness (QED) is 0.383. The second-order valence-electron chi connectivity index (χ2n) is 6.90. The molecule has 3 rings (SSSR count). The first-order valence-electron chi connectivity index (χ1n) is 9.90. The fraction of sp³-hybridized carbons (Fsp3) is 0.524. The summed E-state index contributed by atoms with van der Waals surface area (Å²) in [6.07, 6.45) is 3.11. The van der Waals surface area contributed by atoms with Crippen molar-refractivity contribution in [3.63, 3.8) is 0 Å². The zero-order valence-electron chi connectivity index (χ0n) is 16.7. The summed E-state index contributed by atoms with van der Waals surface area (Å²) in [6, 6.07) is 8.51. The zero-order valence-corrected chi connectivity index (χ0v) is 17.6. The van der Waals surface area contributed by atoms with Crippen molar-refractivity contribution in [1.82, 2.24) is 15.6 Å². The molecule has 1 aromatic heterocycles. The molecule has 1 aliphatic rings. The van der Waals surface area contributed by atoms with Gasteiger partial charge in [0.2, 0.25) is 0 Å². The Bertz CT molecular complexity index is 739. The highest BCUT2D eigenvalue weighted by molar-refractivity contribution is 7.13. The third kappa shape index (κ3) is 6.58. The molecule has 1 saturated heterocycles. The molecule has 6 nitrogen and oxygen atoms in total. The maximum absolute atomic E-state index is 5.77. The fourth-order valence-electron chi connectivity index (χ4n) is 2.95. The Balaban J connectivity index is 1.32. The average molecular weight is 403 g/mol. The summed E-state index contributed by atoms with van der Waals surface area (Å²) in [5.74, 6) is 0.818. The summed E-state index contributed by atoms with van der Waals surface area (Å²) >= 11 is 1.70. The van der Waals surface area contributed by atoms with Gasteiger partial charge in [0.1, 0.15) is 5.01 Å². The molecule has 2 aromatic rings. The monoisotopic (exact) mass is 402 g/mol. The summed E-state index contributed by atoms with van der Waals surface area (Å²) in [4.78, 5) is 9.02. The topological polar surface area (TPSA) is 67.8 Å². The van der Waals surface area contributed by atoms with Gasteiger partial charge in [0.05, 0.1) is 18.4 Å². The van der Waals surface area contributed by atoms with Crippen LogP contribution < -0.4 is 10.6 Å². The number of rotatable bonds is 9. The smallest absolute Gasteiger partial charge is 0.190 e. The fourth-order valence-corrected chi connectivity index (χ4v) is 3.81. The van der Waals surface area contributed by atoms with Crippen molar-refractivity contribution in [2.24, 2.45) is 4.99 Å². The van der Waals surface area contributed by atoms with Crippen LogP contribution in [0.1, 0.15) is 24.1 Å². The minimum absolute atomic E-state index is 0.278. The Morgan fingerprint density at radius 2 is 2.11 bits per heavy atom. The second-order valence-corrected chi connectivity index (χ2v) is 7.75. The van der Waals surface area contributed by atoms with Gasteiger partial charge >= 0.3 is 0 Å². The minimum atomic E-state index is 0.278. The van der Waals surface area contributed by atoms with Gasteiger partial charge in [-0.3, -0.25) is 4.99 Å². The first-order chi connectivity index (χ1) is 13.7. The lowest BCUT2D eigenvalue weighted by molar-refractivity contribution is 0.0420. The summed E-state index contributed by atoms with van der Waals surface area (Å²) < 4.78 is 11.1. The number of thiazole rings is 1. The predicted octanol–water partition coefficient (Wildman–Crippen LogP) is 3.02. The number of ether oxygens (including phenoxy) is 2. The highest BCUT2D eigenvalue weighted by Gasteiger charge is 2.15. The van der Waals surface area contributed by atoms with Crippen molar-refractivity contribution in [3.05, 3.63) is 40.9 Å². The van der Waals surface area contributed by atoms with Crippen LogP contribution in [0.3, 0.4) is 0 Å². The lowest BCUT2D eigenvalue weighted by Gasteiger charge is -2.13. The van der Waals surface area contributed by atoms with E-state index in [1.54, 1.807) is 18.4 Å². The maximum Gasteiger partial charge on any atom is 0.190 e. The molecule has 0 saturated carbocycles. The van der Waals surface area contributed by atoms with Crippen LogP contribution in [0, 0.1) is 6.92 Å². The van der Waals surface area contributed by atoms with Gasteiger partial charge in [0.15, 0.2) is 5.96 Å². The number of aromatic nitrogens is 1. The number of nitrogens with zero attached hydrogens (tertiary/aromatic N) is 2. The summed E-state index contributed by atoms with van der Waals surface area (Å²) in [7, 11) is 1.79. The van der Waals surface area contributed by atoms with Crippen LogP contribution >= 0.6 is 11.3 Å². The van der Waals surface area contributed by atoms with Gasteiger partial charge in [-0.1, -0.05) is 29.8 Å². The van der Waals surface area contributed by atoms with Crippen molar-refractivity contribution < 1.29 is 9.47 Å². The first-order valence-corrected chi connectivity index (χ1v) is 10.8. The van der Waals surface area contributed by atoms with Gasteiger partial charge < -0.3 is 20.1 Å². The zero-order chi connectivity index (χ0) is 19.6. The Labute approximate surface area is 171 Å². The van der Waals surface area contributed by atoms with E-state index in [0.717, 1.165) is 68.8 Å². The Morgan fingerprint density at radius 3 is 2.86 bits per heavy atom. The molecule has 152 valence electrons. The number of benzene rings is 1. The molecular weight excluding hydrogens is 372 g/mol. The molecule has 0 bridgehead atoms. The number of aliphatic imine (C=N–C) groups is 1. The van der Waals surface area contributed by atoms with Crippen molar-refractivity contribution in [3.8, 4) is 10.6 Å². The number of aryl methyl sites for hydroxylation is 1. The van der Waals surface area contributed by atoms with E-state index >= 15 is 0 Å². The van der Waals surface area contributed by atoms with E-state index in [0.29, 0.717) is 0 Å². The summed E-state index contributed by atoms with van der Waals surface area (Å²) in [6.45, 7) is 6.04. The molecule has 1 aliphatic heterocycles. The van der Waals surface area contributed by atoms with Crippen LogP contribution in [0.25, 0.3) is 10.6 Å². The maximum atomic E-state index is 5.77. The van der Waals surface area contributed by atoms with Crippen LogP contribution in [0.2, 0.25) is 0 Å². The van der Waals surface area contributed by atoms with Crippen molar-refractivity contribution in [2.75, 3.05) is 40.0 Å².